The van der Waals surface area contributed by atoms with Gasteiger partial charge in [-0.25, -0.2) is 19.9 Å². The molecule has 12 heteroatoms. The first-order chi connectivity index (χ1) is 14.2. The number of ether oxygens (including phenoxy) is 1. The summed E-state index contributed by atoms with van der Waals surface area (Å²) in [5.41, 5.74) is 1.39. The summed E-state index contributed by atoms with van der Waals surface area (Å²) in [6.45, 7) is 3.93. The van der Waals surface area contributed by atoms with E-state index in [1.807, 2.05) is 0 Å². The highest BCUT2D eigenvalue weighted by Crippen LogP contribution is 2.33. The molecule has 0 spiro atoms. The van der Waals surface area contributed by atoms with Gasteiger partial charge in [-0.1, -0.05) is 0 Å². The van der Waals surface area contributed by atoms with Crippen LogP contribution in [0.25, 0.3) is 10.6 Å². The summed E-state index contributed by atoms with van der Waals surface area (Å²) < 4.78 is 36.7. The van der Waals surface area contributed by atoms with Crippen LogP contribution in [0.4, 0.5) is 26.1 Å². The first-order valence-electron chi connectivity index (χ1n) is 8.76. The molecule has 0 bridgehead atoms. The third-order valence-corrected chi connectivity index (χ3v) is 4.48. The number of hydrogen-bond donors (Lipinski definition) is 2. The van der Waals surface area contributed by atoms with Crippen molar-refractivity contribution in [2.75, 3.05) is 17.7 Å². The van der Waals surface area contributed by atoms with Crippen LogP contribution in [0.3, 0.4) is 0 Å². The number of aromatic nitrogens is 5. The van der Waals surface area contributed by atoms with Crippen LogP contribution in [0.1, 0.15) is 31.2 Å². The fraction of sp³-hybridized carbons (Fsp3) is 0.333. The minimum Gasteiger partial charge on any atom is -0.377 e. The largest absolute Gasteiger partial charge is 0.377 e. The van der Waals surface area contributed by atoms with E-state index in [2.05, 4.69) is 34.9 Å². The molecule has 3 aromatic rings. The maximum Gasteiger partial charge on any atom is 0.303 e. The van der Waals surface area contributed by atoms with Crippen LogP contribution in [-0.2, 0) is 22.1 Å². The number of rotatable bonds is 7. The van der Waals surface area contributed by atoms with E-state index in [1.165, 1.54) is 26.3 Å². The van der Waals surface area contributed by atoms with Gasteiger partial charge in [-0.15, -0.1) is 0 Å². The van der Waals surface area contributed by atoms with E-state index in [0.717, 1.165) is 18.5 Å². The Bertz CT molecular complexity index is 1070. The van der Waals surface area contributed by atoms with Gasteiger partial charge in [-0.05, 0) is 18.5 Å². The quantitative estimate of drug-likeness (QED) is 0.578. The third kappa shape index (κ3) is 5.27. The van der Waals surface area contributed by atoms with Gasteiger partial charge in [0.25, 0.3) is 0 Å². The number of hydrogen-bond acceptors (Lipinski definition) is 9. The van der Waals surface area contributed by atoms with Gasteiger partial charge in [-0.2, -0.15) is 13.2 Å². The summed E-state index contributed by atoms with van der Waals surface area (Å²) in [6, 6.07) is 3.10. The van der Waals surface area contributed by atoms with Crippen LogP contribution in [-0.4, -0.2) is 37.3 Å². The number of amides is 1. The van der Waals surface area contributed by atoms with Gasteiger partial charge >= 0.3 is 5.92 Å². The molecular weight excluding hydrogens is 416 g/mol. The summed E-state index contributed by atoms with van der Waals surface area (Å²) in [5.74, 6) is -3.14. The maximum atomic E-state index is 13.7. The average Bonchev–Trinajstić information content (AvgIpc) is 3.09. The monoisotopic (exact) mass is 435 g/mol. The van der Waals surface area contributed by atoms with E-state index >= 15 is 0 Å². The molecule has 0 radical (unpaired) electrons. The Morgan fingerprint density at radius 1 is 1.23 bits per heavy atom. The van der Waals surface area contributed by atoms with Crippen LogP contribution < -0.4 is 10.6 Å². The third-order valence-electron chi connectivity index (χ3n) is 3.69. The highest BCUT2D eigenvalue weighted by Gasteiger charge is 2.29. The number of aryl methyl sites for hydroxylation is 1. The summed E-state index contributed by atoms with van der Waals surface area (Å²) in [6.07, 6.45) is 1.51. The molecular formula is C18H19F2N7O2S. The molecule has 9 nitrogen and oxygen atoms in total. The first-order valence-corrected chi connectivity index (χ1v) is 9.53. The SMILES string of the molecule is COCc1nsc(-c2cnc(NC(C)=O)cc2Nc2cc(C)nc(C(C)(F)F)n2)n1. The van der Waals surface area contributed by atoms with Gasteiger partial charge in [0.15, 0.2) is 5.82 Å². The Kier molecular flexibility index (Phi) is 6.27. The Morgan fingerprint density at radius 3 is 2.67 bits per heavy atom. The lowest BCUT2D eigenvalue weighted by atomic mass is 10.2. The van der Waals surface area contributed by atoms with E-state index in [-0.39, 0.29) is 24.1 Å². The van der Waals surface area contributed by atoms with Crippen molar-refractivity contribution in [3.05, 3.63) is 35.7 Å². The maximum absolute atomic E-state index is 13.7. The molecule has 158 valence electrons. The minimum absolute atomic E-state index is 0.168. The molecule has 0 saturated carbocycles. The molecule has 0 saturated heterocycles. The van der Waals surface area contributed by atoms with Gasteiger partial charge in [0.05, 0.1) is 11.3 Å². The van der Waals surface area contributed by atoms with Crippen molar-refractivity contribution in [2.24, 2.45) is 0 Å². The second-order valence-electron chi connectivity index (χ2n) is 6.48. The zero-order valence-corrected chi connectivity index (χ0v) is 17.5. The highest BCUT2D eigenvalue weighted by atomic mass is 32.1. The van der Waals surface area contributed by atoms with Gasteiger partial charge < -0.3 is 15.4 Å². The van der Waals surface area contributed by atoms with Crippen molar-refractivity contribution < 1.29 is 18.3 Å². The molecule has 2 N–H and O–H groups in total. The highest BCUT2D eigenvalue weighted by molar-refractivity contribution is 7.09. The van der Waals surface area contributed by atoms with E-state index in [9.17, 15) is 13.6 Å². The first kappa shape index (κ1) is 21.6. The number of anilines is 3. The molecule has 0 aromatic carbocycles. The molecule has 0 aliphatic heterocycles. The molecule has 0 atom stereocenters. The molecule has 0 unspecified atom stereocenters. The number of methoxy groups -OCH3 is 1. The van der Waals surface area contributed by atoms with Crippen molar-refractivity contribution in [1.82, 2.24) is 24.3 Å². The predicted octanol–water partition coefficient (Wildman–Crippen LogP) is 3.66. The smallest absolute Gasteiger partial charge is 0.303 e. The van der Waals surface area contributed by atoms with Gasteiger partial charge in [0.1, 0.15) is 23.3 Å². The normalized spacial score (nSPS) is 11.4. The van der Waals surface area contributed by atoms with Crippen LogP contribution in [0.2, 0.25) is 0 Å². The van der Waals surface area contributed by atoms with E-state index < -0.39 is 11.7 Å². The van der Waals surface area contributed by atoms with E-state index in [1.54, 1.807) is 13.0 Å². The summed E-state index contributed by atoms with van der Waals surface area (Å²) in [7, 11) is 1.54. The average molecular weight is 435 g/mol. The number of alkyl halides is 2. The topological polar surface area (TPSA) is 115 Å². The number of nitrogens with zero attached hydrogens (tertiary/aromatic N) is 5. The molecule has 3 rings (SSSR count). The number of carbonyl (C=O) groups is 1. The summed E-state index contributed by atoms with van der Waals surface area (Å²) in [5, 5.41) is 6.14. The standard InChI is InChI=1S/C18H19F2N7O2S/c1-9-5-14(26-17(22-9)18(3,19)20)24-12-6-13(23-10(2)28)21-7-11(12)16-25-15(8-29-4)27-30-16/h5-7H,8H2,1-4H3,(H2,21,22,23,24,26,28). The lowest BCUT2D eigenvalue weighted by Crippen LogP contribution is -2.14. The zero-order chi connectivity index (χ0) is 21.9. The Labute approximate surface area is 175 Å². The lowest BCUT2D eigenvalue weighted by molar-refractivity contribution is -0.114. The predicted molar refractivity (Wildman–Crippen MR) is 108 cm³/mol. The Hall–Kier alpha value is -3.12. The molecule has 3 aromatic heterocycles. The van der Waals surface area contributed by atoms with Gasteiger partial charge in [0, 0.05) is 45.0 Å². The Morgan fingerprint density at radius 2 is 2.00 bits per heavy atom. The van der Waals surface area contributed by atoms with E-state index in [0.29, 0.717) is 27.8 Å². The molecule has 0 aliphatic rings. The van der Waals surface area contributed by atoms with Crippen LogP contribution >= 0.6 is 11.5 Å². The molecule has 0 aliphatic carbocycles. The molecule has 0 fully saturated rings. The fourth-order valence-electron chi connectivity index (χ4n) is 2.50. The second kappa shape index (κ2) is 8.71. The summed E-state index contributed by atoms with van der Waals surface area (Å²) >= 11 is 1.14. The van der Waals surface area contributed by atoms with Crippen LogP contribution in [0, 0.1) is 6.92 Å². The van der Waals surface area contributed by atoms with Crippen molar-refractivity contribution in [3.63, 3.8) is 0 Å². The molecule has 30 heavy (non-hydrogen) atoms. The van der Waals surface area contributed by atoms with Crippen molar-refractivity contribution in [2.45, 2.75) is 33.3 Å². The lowest BCUT2D eigenvalue weighted by Gasteiger charge is -2.14. The number of nitrogens with one attached hydrogen (secondary N) is 2. The van der Waals surface area contributed by atoms with Crippen LogP contribution in [0.5, 0.6) is 0 Å². The van der Waals surface area contributed by atoms with Crippen molar-refractivity contribution in [3.8, 4) is 10.6 Å². The van der Waals surface area contributed by atoms with Gasteiger partial charge in [0.2, 0.25) is 11.7 Å². The number of halogens is 2. The van der Waals surface area contributed by atoms with Crippen LogP contribution in [0.15, 0.2) is 18.3 Å². The summed E-state index contributed by atoms with van der Waals surface area (Å²) in [4.78, 5) is 27.7. The molecule has 3 heterocycles. The molecule has 1 amide bonds. The zero-order valence-electron chi connectivity index (χ0n) is 16.7. The Balaban J connectivity index is 2.04. The number of pyridine rings is 1. The van der Waals surface area contributed by atoms with Gasteiger partial charge in [-0.3, -0.25) is 4.79 Å². The van der Waals surface area contributed by atoms with E-state index in [4.69, 9.17) is 4.74 Å². The number of carbonyl (C=O) groups excluding carboxylic acids is 1. The minimum atomic E-state index is -3.20. The van der Waals surface area contributed by atoms with Crippen molar-refractivity contribution in [1.29, 1.82) is 0 Å². The van der Waals surface area contributed by atoms with Crippen molar-refractivity contribution >= 4 is 34.8 Å². The second-order valence-corrected chi connectivity index (χ2v) is 7.23. The fourth-order valence-corrected chi connectivity index (χ4v) is 3.19.